The molecule has 0 aliphatic carbocycles. The number of unbranched alkanes of at least 4 members (excludes halogenated alkanes) is 38. The molecule has 0 saturated carbocycles. The fourth-order valence-corrected chi connectivity index (χ4v) is 11.7. The zero-order valence-corrected chi connectivity index (χ0v) is 57.2. The molecule has 17 nitrogen and oxygen atoms in total. The Bertz CT molecular complexity index is 1670. The van der Waals surface area contributed by atoms with Gasteiger partial charge in [0.25, 0.3) is 0 Å². The van der Waals surface area contributed by atoms with Gasteiger partial charge in [-0.1, -0.05) is 291 Å². The summed E-state index contributed by atoms with van der Waals surface area (Å²) in [5.41, 5.74) is 0. The molecule has 0 aromatic heterocycles. The van der Waals surface area contributed by atoms with Crippen molar-refractivity contribution in [3.05, 3.63) is 0 Å². The van der Waals surface area contributed by atoms with Crippen molar-refractivity contribution >= 4 is 39.5 Å². The second-order valence-electron chi connectivity index (χ2n) is 24.5. The summed E-state index contributed by atoms with van der Waals surface area (Å²) in [5.74, 6) is -1.36. The predicted octanol–water partition coefficient (Wildman–Crippen LogP) is 19.0. The predicted molar refractivity (Wildman–Crippen MR) is 345 cm³/mol. The van der Waals surface area contributed by atoms with Crippen molar-refractivity contribution in [2.24, 2.45) is 5.92 Å². The Morgan fingerprint density at radius 3 is 0.826 bits per heavy atom. The van der Waals surface area contributed by atoms with E-state index in [1.54, 1.807) is 0 Å². The van der Waals surface area contributed by atoms with Crippen LogP contribution in [-0.4, -0.2) is 96.7 Å². The molecule has 0 aliphatic heterocycles. The van der Waals surface area contributed by atoms with Gasteiger partial charge in [-0.25, -0.2) is 9.13 Å². The maximum Gasteiger partial charge on any atom is 0.472 e. The van der Waals surface area contributed by atoms with E-state index in [2.05, 4.69) is 34.6 Å². The smallest absolute Gasteiger partial charge is 0.462 e. The van der Waals surface area contributed by atoms with Crippen LogP contribution in [0.15, 0.2) is 0 Å². The normalized spacial score (nSPS) is 14.5. The number of phosphoric ester groups is 2. The van der Waals surface area contributed by atoms with Gasteiger partial charge in [-0.15, -0.1) is 0 Å². The van der Waals surface area contributed by atoms with Crippen LogP contribution in [0.25, 0.3) is 0 Å². The lowest BCUT2D eigenvalue weighted by atomic mass is 9.99. The van der Waals surface area contributed by atoms with E-state index in [0.29, 0.717) is 25.7 Å². The second kappa shape index (κ2) is 60.6. The standard InChI is InChI=1S/C67H130O17P2/c1-6-10-13-16-19-21-22-23-24-25-26-27-28-29-30-31-38-43-48-53-67(72)84-63(57-78-65(70)51-46-41-37-33-32-35-39-44-49-60(5)9-4)59-82-86(75,76)80-55-61(68)54-79-85(73,74)81-58-62(56-77-64(69)50-45-40-34-18-15-12-8-3)83-66(71)52-47-42-36-20-17-14-11-7-2/h60-63,68H,6-59H2,1-5H3,(H,73,74)(H,75,76)/t60?,61-,62+,63+/m0/s1. The molecule has 19 heteroatoms. The minimum absolute atomic E-state index is 0.105. The molecule has 0 spiro atoms. The van der Waals surface area contributed by atoms with E-state index in [0.717, 1.165) is 115 Å². The maximum absolute atomic E-state index is 13.0. The lowest BCUT2D eigenvalue weighted by molar-refractivity contribution is -0.161. The SMILES string of the molecule is CCCCCCCCCCCCCCCCCCCCCC(=O)O[C@H](COC(=O)CCCCCCCCCCC(C)CC)COP(=O)(O)OC[C@@H](O)COP(=O)(O)OC[C@@H](COC(=O)CCCCCCCCC)OC(=O)CCCCCCCCCC. The summed E-state index contributed by atoms with van der Waals surface area (Å²) in [6, 6.07) is 0. The van der Waals surface area contributed by atoms with Crippen molar-refractivity contribution in [2.45, 2.75) is 361 Å². The van der Waals surface area contributed by atoms with Gasteiger partial charge < -0.3 is 33.8 Å². The van der Waals surface area contributed by atoms with E-state index < -0.39 is 97.5 Å². The van der Waals surface area contributed by atoms with Gasteiger partial charge in [0.15, 0.2) is 12.2 Å². The molecule has 0 rings (SSSR count). The number of phosphoric acid groups is 2. The van der Waals surface area contributed by atoms with Crippen molar-refractivity contribution in [1.29, 1.82) is 0 Å². The van der Waals surface area contributed by atoms with E-state index >= 15 is 0 Å². The number of carbonyl (C=O) groups excluding carboxylic acids is 4. The van der Waals surface area contributed by atoms with E-state index in [-0.39, 0.29) is 25.7 Å². The average molecular weight is 1270 g/mol. The van der Waals surface area contributed by atoms with Gasteiger partial charge in [0.1, 0.15) is 19.3 Å². The quantitative estimate of drug-likeness (QED) is 0.0222. The summed E-state index contributed by atoms with van der Waals surface area (Å²) in [5, 5.41) is 10.5. The van der Waals surface area contributed by atoms with Crippen molar-refractivity contribution in [3.63, 3.8) is 0 Å². The first-order valence-corrected chi connectivity index (χ1v) is 38.2. The van der Waals surface area contributed by atoms with Gasteiger partial charge in [-0.2, -0.15) is 0 Å². The van der Waals surface area contributed by atoms with Crippen LogP contribution in [0.1, 0.15) is 343 Å². The summed E-state index contributed by atoms with van der Waals surface area (Å²) < 4.78 is 68.0. The first kappa shape index (κ1) is 84.1. The highest BCUT2D eigenvalue weighted by atomic mass is 31.2. The number of aliphatic hydroxyl groups is 1. The zero-order chi connectivity index (χ0) is 63.5. The third kappa shape index (κ3) is 59.7. The second-order valence-corrected chi connectivity index (χ2v) is 27.4. The van der Waals surface area contributed by atoms with Crippen molar-refractivity contribution < 1.29 is 80.2 Å². The first-order valence-electron chi connectivity index (χ1n) is 35.2. The van der Waals surface area contributed by atoms with Gasteiger partial charge in [-0.3, -0.25) is 37.3 Å². The Balaban J connectivity index is 5.15. The van der Waals surface area contributed by atoms with Crippen molar-refractivity contribution in [3.8, 4) is 0 Å². The molecule has 0 heterocycles. The van der Waals surface area contributed by atoms with Crippen molar-refractivity contribution in [1.82, 2.24) is 0 Å². The molecule has 3 unspecified atom stereocenters. The topological polar surface area (TPSA) is 237 Å². The molecule has 0 fully saturated rings. The van der Waals surface area contributed by atoms with E-state index in [4.69, 9.17) is 37.0 Å². The average Bonchev–Trinajstić information content (AvgIpc) is 3.60. The molecular weight excluding hydrogens is 1140 g/mol. The number of esters is 4. The molecule has 0 aromatic rings. The fraction of sp³-hybridized carbons (Fsp3) is 0.940. The number of ether oxygens (including phenoxy) is 4. The minimum atomic E-state index is -4.95. The fourth-order valence-electron chi connectivity index (χ4n) is 10.1. The molecule has 6 atom stereocenters. The molecule has 0 bridgehead atoms. The monoisotopic (exact) mass is 1270 g/mol. The van der Waals surface area contributed by atoms with E-state index in [1.165, 1.54) is 148 Å². The van der Waals surface area contributed by atoms with Gasteiger partial charge in [0, 0.05) is 25.7 Å². The van der Waals surface area contributed by atoms with Gasteiger partial charge in [0.05, 0.1) is 26.4 Å². The molecular formula is C67H130O17P2. The van der Waals surface area contributed by atoms with Crippen LogP contribution in [0.3, 0.4) is 0 Å². The van der Waals surface area contributed by atoms with Gasteiger partial charge >= 0.3 is 39.5 Å². The third-order valence-electron chi connectivity index (χ3n) is 15.9. The van der Waals surface area contributed by atoms with Crippen LogP contribution in [0, 0.1) is 5.92 Å². The molecule has 510 valence electrons. The van der Waals surface area contributed by atoms with Crippen LogP contribution < -0.4 is 0 Å². The number of hydrogen-bond donors (Lipinski definition) is 3. The maximum atomic E-state index is 13.0. The first-order chi connectivity index (χ1) is 41.6. The Kier molecular flexibility index (Phi) is 59.2. The van der Waals surface area contributed by atoms with E-state index in [9.17, 15) is 43.2 Å². The highest BCUT2D eigenvalue weighted by molar-refractivity contribution is 7.47. The highest BCUT2D eigenvalue weighted by Gasteiger charge is 2.30. The summed E-state index contributed by atoms with van der Waals surface area (Å²) in [4.78, 5) is 72.1. The Morgan fingerprint density at radius 2 is 0.558 bits per heavy atom. The lowest BCUT2D eigenvalue weighted by Gasteiger charge is -2.21. The van der Waals surface area contributed by atoms with Crippen LogP contribution >= 0.6 is 15.6 Å². The Hall–Kier alpha value is -1.94. The molecule has 86 heavy (non-hydrogen) atoms. The molecule has 0 aromatic carbocycles. The lowest BCUT2D eigenvalue weighted by Crippen LogP contribution is -2.30. The summed E-state index contributed by atoms with van der Waals surface area (Å²) >= 11 is 0. The number of aliphatic hydroxyl groups excluding tert-OH is 1. The molecule has 0 saturated heterocycles. The highest BCUT2D eigenvalue weighted by Crippen LogP contribution is 2.45. The largest absolute Gasteiger partial charge is 0.472 e. The van der Waals surface area contributed by atoms with Gasteiger partial charge in [0.2, 0.25) is 0 Å². The van der Waals surface area contributed by atoms with Crippen LogP contribution in [0.2, 0.25) is 0 Å². The molecule has 0 aliphatic rings. The van der Waals surface area contributed by atoms with Crippen molar-refractivity contribution in [2.75, 3.05) is 39.6 Å². The Labute approximate surface area is 524 Å². The molecule has 3 N–H and O–H groups in total. The number of carbonyl (C=O) groups is 4. The van der Waals surface area contributed by atoms with E-state index in [1.807, 2.05) is 0 Å². The summed E-state index contributed by atoms with van der Waals surface area (Å²) in [6.07, 6.45) is 46.1. The Morgan fingerprint density at radius 1 is 0.326 bits per heavy atom. The number of rotatable bonds is 67. The molecule has 0 radical (unpaired) electrons. The van der Waals surface area contributed by atoms with Crippen LogP contribution in [0.4, 0.5) is 0 Å². The minimum Gasteiger partial charge on any atom is -0.462 e. The van der Waals surface area contributed by atoms with Crippen LogP contribution in [0.5, 0.6) is 0 Å². The van der Waals surface area contributed by atoms with Gasteiger partial charge in [-0.05, 0) is 31.6 Å². The number of hydrogen-bond acceptors (Lipinski definition) is 15. The molecule has 0 amide bonds. The van der Waals surface area contributed by atoms with Crippen LogP contribution in [-0.2, 0) is 65.4 Å². The third-order valence-corrected chi connectivity index (χ3v) is 17.8. The summed E-state index contributed by atoms with van der Waals surface area (Å²) in [6.45, 7) is 7.15. The summed E-state index contributed by atoms with van der Waals surface area (Å²) in [7, 11) is -9.88. The zero-order valence-electron chi connectivity index (χ0n) is 55.4.